The smallest absolute Gasteiger partial charge is 0.408 e. The van der Waals surface area contributed by atoms with Gasteiger partial charge in [0.15, 0.2) is 6.10 Å². The average Bonchev–Trinajstić information content (AvgIpc) is 3.34. The monoisotopic (exact) mass is 398 g/mol. The van der Waals surface area contributed by atoms with Crippen molar-refractivity contribution in [1.82, 2.24) is 9.78 Å². The van der Waals surface area contributed by atoms with E-state index in [9.17, 15) is 23.1 Å². The second kappa shape index (κ2) is 7.83. The summed E-state index contributed by atoms with van der Waals surface area (Å²) in [6, 6.07) is 8.34. The van der Waals surface area contributed by atoms with Gasteiger partial charge >= 0.3 is 12.1 Å². The van der Waals surface area contributed by atoms with E-state index in [-0.39, 0.29) is 18.9 Å². The Morgan fingerprint density at radius 1 is 1.32 bits per heavy atom. The molecule has 9 heteroatoms. The minimum atomic E-state index is -4.39. The second-order valence-electron chi connectivity index (χ2n) is 6.69. The lowest BCUT2D eigenvalue weighted by molar-refractivity contribution is -0.155. The number of aliphatic hydroxyl groups excluding tert-OH is 1. The van der Waals surface area contributed by atoms with Crippen molar-refractivity contribution >= 4 is 5.97 Å². The third-order valence-electron chi connectivity index (χ3n) is 4.75. The average molecular weight is 398 g/mol. The van der Waals surface area contributed by atoms with E-state index in [4.69, 9.17) is 9.47 Å². The molecular weight excluding hydrogens is 377 g/mol. The fourth-order valence-corrected chi connectivity index (χ4v) is 3.22. The van der Waals surface area contributed by atoms with Crippen molar-refractivity contribution in [2.24, 2.45) is 0 Å². The number of carbonyl (C=O) groups excluding carboxylic acids is 1. The van der Waals surface area contributed by atoms with Gasteiger partial charge in [0.05, 0.1) is 12.3 Å². The number of carbonyl (C=O) groups is 1. The zero-order valence-corrected chi connectivity index (χ0v) is 15.3. The molecule has 1 aliphatic carbocycles. The summed E-state index contributed by atoms with van der Waals surface area (Å²) in [6.07, 6.45) is -3.27. The first-order chi connectivity index (χ1) is 13.3. The zero-order valence-electron chi connectivity index (χ0n) is 15.3. The number of nitrogens with zero attached hydrogens (tertiary/aromatic N) is 2. The summed E-state index contributed by atoms with van der Waals surface area (Å²) in [4.78, 5) is 12.0. The molecule has 0 saturated heterocycles. The van der Waals surface area contributed by atoms with Gasteiger partial charge in [0.1, 0.15) is 18.9 Å². The fraction of sp³-hybridized carbons (Fsp3) is 0.474. The first kappa shape index (κ1) is 20.2. The number of benzene rings is 1. The Kier molecular flexibility index (Phi) is 5.64. The van der Waals surface area contributed by atoms with Crippen LogP contribution < -0.4 is 4.74 Å². The number of aliphatic hydroxyl groups is 1. The molecule has 1 heterocycles. The van der Waals surface area contributed by atoms with Gasteiger partial charge < -0.3 is 14.6 Å². The van der Waals surface area contributed by atoms with Crippen LogP contribution in [0.25, 0.3) is 0 Å². The lowest BCUT2D eigenvalue weighted by Gasteiger charge is -2.23. The summed E-state index contributed by atoms with van der Waals surface area (Å²) >= 11 is 0. The third-order valence-corrected chi connectivity index (χ3v) is 4.75. The molecule has 1 aromatic carbocycles. The zero-order chi connectivity index (χ0) is 20.4. The molecule has 1 N–H and O–H groups in total. The second-order valence-corrected chi connectivity index (χ2v) is 6.69. The molecule has 28 heavy (non-hydrogen) atoms. The van der Waals surface area contributed by atoms with E-state index in [2.05, 4.69) is 5.10 Å². The first-order valence-electron chi connectivity index (χ1n) is 8.91. The Morgan fingerprint density at radius 2 is 2.04 bits per heavy atom. The van der Waals surface area contributed by atoms with Gasteiger partial charge in [0.25, 0.3) is 0 Å². The Labute approximate surface area is 159 Å². The lowest BCUT2D eigenvalue weighted by Crippen LogP contribution is -2.35. The molecule has 1 saturated carbocycles. The standard InChI is InChI=1S/C19H21F3N2O4/c1-2-27-17(26)16(25)18(8-9-18)14-5-3-4-6-15(14)28-11-13-7-10-23-24(13)12-19(20,21)22/h3-7,10,16,25H,2,8-9,11-12H2,1H3/t16-/m1/s1. The first-order valence-corrected chi connectivity index (χ1v) is 8.91. The van der Waals surface area contributed by atoms with Gasteiger partial charge in [-0.05, 0) is 31.9 Å². The van der Waals surface area contributed by atoms with Crippen molar-refractivity contribution < 1.29 is 32.5 Å². The quantitative estimate of drug-likeness (QED) is 0.692. The highest BCUT2D eigenvalue weighted by atomic mass is 19.4. The molecule has 3 rings (SSSR count). The lowest BCUT2D eigenvalue weighted by atomic mass is 9.89. The number of aromatic nitrogens is 2. The summed E-state index contributed by atoms with van der Waals surface area (Å²) in [5, 5.41) is 14.2. The number of alkyl halides is 3. The van der Waals surface area contributed by atoms with Gasteiger partial charge in [-0.15, -0.1) is 0 Å². The molecule has 0 spiro atoms. The molecule has 6 nitrogen and oxygen atoms in total. The van der Waals surface area contributed by atoms with Crippen molar-refractivity contribution in [3.8, 4) is 5.75 Å². The number of hydrogen-bond acceptors (Lipinski definition) is 5. The molecule has 1 aromatic heterocycles. The van der Waals surface area contributed by atoms with Crippen molar-refractivity contribution in [1.29, 1.82) is 0 Å². The number of rotatable bonds is 8. The van der Waals surface area contributed by atoms with Crippen LogP contribution in [0.1, 0.15) is 31.0 Å². The molecule has 0 radical (unpaired) electrons. The molecule has 0 bridgehead atoms. The van der Waals surface area contributed by atoms with E-state index >= 15 is 0 Å². The van der Waals surface area contributed by atoms with Crippen LogP contribution in [-0.2, 0) is 28.1 Å². The van der Waals surface area contributed by atoms with Crippen LogP contribution in [0, 0.1) is 0 Å². The minimum absolute atomic E-state index is 0.126. The maximum Gasteiger partial charge on any atom is 0.408 e. The summed E-state index contributed by atoms with van der Waals surface area (Å²) in [7, 11) is 0. The number of halogens is 3. The van der Waals surface area contributed by atoms with Crippen LogP contribution in [0.4, 0.5) is 13.2 Å². The normalized spacial score (nSPS) is 16.5. The molecule has 0 aliphatic heterocycles. The van der Waals surface area contributed by atoms with Gasteiger partial charge in [0, 0.05) is 17.2 Å². The van der Waals surface area contributed by atoms with Gasteiger partial charge in [-0.3, -0.25) is 4.68 Å². The summed E-state index contributed by atoms with van der Waals surface area (Å²) < 4.78 is 49.5. The summed E-state index contributed by atoms with van der Waals surface area (Å²) in [5.41, 5.74) is 0.107. The third kappa shape index (κ3) is 4.30. The topological polar surface area (TPSA) is 73.6 Å². The van der Waals surface area contributed by atoms with Crippen LogP contribution in [0.3, 0.4) is 0 Å². The van der Waals surface area contributed by atoms with Gasteiger partial charge in [-0.1, -0.05) is 18.2 Å². The van der Waals surface area contributed by atoms with Crippen LogP contribution in [0.5, 0.6) is 5.75 Å². The molecule has 152 valence electrons. The van der Waals surface area contributed by atoms with Crippen LogP contribution in [0.15, 0.2) is 36.5 Å². The van der Waals surface area contributed by atoms with Crippen LogP contribution >= 0.6 is 0 Å². The molecule has 1 aliphatic rings. The van der Waals surface area contributed by atoms with Crippen LogP contribution in [0.2, 0.25) is 0 Å². The number of ether oxygens (including phenoxy) is 2. The Bertz CT molecular complexity index is 831. The van der Waals surface area contributed by atoms with Crippen molar-refractivity contribution in [3.05, 3.63) is 47.8 Å². The van der Waals surface area contributed by atoms with E-state index in [0.29, 0.717) is 24.2 Å². The van der Waals surface area contributed by atoms with Gasteiger partial charge in [0.2, 0.25) is 0 Å². The highest BCUT2D eigenvalue weighted by Crippen LogP contribution is 2.54. The fourth-order valence-electron chi connectivity index (χ4n) is 3.22. The molecular formula is C19H21F3N2O4. The van der Waals surface area contributed by atoms with E-state index in [1.54, 1.807) is 31.2 Å². The Morgan fingerprint density at radius 3 is 2.68 bits per heavy atom. The number of hydrogen-bond donors (Lipinski definition) is 1. The highest BCUT2D eigenvalue weighted by Gasteiger charge is 2.55. The Balaban J connectivity index is 1.77. The maximum absolute atomic E-state index is 12.6. The summed E-state index contributed by atoms with van der Waals surface area (Å²) in [5.74, 6) is -0.291. The summed E-state index contributed by atoms with van der Waals surface area (Å²) in [6.45, 7) is 0.489. The van der Waals surface area contributed by atoms with Crippen LogP contribution in [-0.4, -0.2) is 39.7 Å². The number of para-hydroxylation sites is 1. The molecule has 1 atom stereocenters. The number of esters is 1. The SMILES string of the molecule is CCOC(=O)[C@@H](O)C1(c2ccccc2OCc2ccnn2CC(F)(F)F)CC1. The van der Waals surface area contributed by atoms with E-state index in [1.165, 1.54) is 12.3 Å². The maximum atomic E-state index is 12.6. The predicted molar refractivity (Wildman–Crippen MR) is 92.6 cm³/mol. The van der Waals surface area contributed by atoms with Crippen molar-refractivity contribution in [3.63, 3.8) is 0 Å². The van der Waals surface area contributed by atoms with E-state index in [1.807, 2.05) is 0 Å². The van der Waals surface area contributed by atoms with Gasteiger partial charge in [-0.25, -0.2) is 4.79 Å². The predicted octanol–water partition coefficient (Wildman–Crippen LogP) is 2.98. The molecule has 0 amide bonds. The van der Waals surface area contributed by atoms with Gasteiger partial charge in [-0.2, -0.15) is 18.3 Å². The molecule has 2 aromatic rings. The Hall–Kier alpha value is -2.55. The highest BCUT2D eigenvalue weighted by molar-refractivity contribution is 5.78. The van der Waals surface area contributed by atoms with E-state index < -0.39 is 30.2 Å². The van der Waals surface area contributed by atoms with Crippen molar-refractivity contribution in [2.45, 2.75) is 50.6 Å². The largest absolute Gasteiger partial charge is 0.487 e. The van der Waals surface area contributed by atoms with Crippen molar-refractivity contribution in [2.75, 3.05) is 6.61 Å². The molecule has 1 fully saturated rings. The minimum Gasteiger partial charge on any atom is -0.487 e. The van der Waals surface area contributed by atoms with E-state index in [0.717, 1.165) is 4.68 Å². The molecule has 0 unspecified atom stereocenters.